The lowest BCUT2D eigenvalue weighted by atomic mass is 9.78. The predicted octanol–water partition coefficient (Wildman–Crippen LogP) is 6.54. The van der Waals surface area contributed by atoms with Crippen LogP contribution in [0.4, 0.5) is 10.7 Å². The maximum absolute atomic E-state index is 12.4. The molecule has 1 saturated carbocycles. The van der Waals surface area contributed by atoms with Crippen LogP contribution in [0.5, 0.6) is 0 Å². The third-order valence-corrected chi connectivity index (χ3v) is 8.04. The first kappa shape index (κ1) is 30.9. The van der Waals surface area contributed by atoms with E-state index in [0.717, 1.165) is 24.8 Å². The second-order valence-corrected chi connectivity index (χ2v) is 15.3. The number of imidazole rings is 1. The van der Waals surface area contributed by atoms with E-state index in [2.05, 4.69) is 60.7 Å². The highest BCUT2D eigenvalue weighted by atomic mass is 35.5. The predicted molar refractivity (Wildman–Crippen MR) is 157 cm³/mol. The zero-order valence-corrected chi connectivity index (χ0v) is 26.7. The molecule has 2 aromatic rings. The summed E-state index contributed by atoms with van der Waals surface area (Å²) in [5.74, 6) is -0.0262. The molecule has 2 aliphatic rings. The maximum Gasteiger partial charge on any atom is 0.414 e. The Morgan fingerprint density at radius 1 is 1.23 bits per heavy atom. The molecule has 1 aliphatic heterocycles. The average Bonchev–Trinajstić information content (AvgIpc) is 3.37. The van der Waals surface area contributed by atoms with Crippen molar-refractivity contribution in [1.29, 1.82) is 0 Å². The van der Waals surface area contributed by atoms with E-state index in [-0.39, 0.29) is 47.0 Å². The standard InChI is InChI=1S/C28H43ClN5O5Si/c1-16-17(34-15-30-21-23(29)31-25(32-24(21)34)33-26(35)38-28(5,6)7)14-18(37-19-12-10-11-13-36-19)20(16)22(27(2,3)4)39-40(8)9/h15,17-20,22H,1,10-14H2,2-9H3,(H,31,32,33,35)/t17-,18-,19?,20+,22?/m0/s1. The molecule has 12 heteroatoms. The van der Waals surface area contributed by atoms with Crippen LogP contribution in [0.25, 0.3) is 11.2 Å². The molecule has 1 saturated heterocycles. The summed E-state index contributed by atoms with van der Waals surface area (Å²) in [6.07, 6.45) is 4.18. The van der Waals surface area contributed by atoms with Crippen LogP contribution in [0, 0.1) is 11.3 Å². The third kappa shape index (κ3) is 7.23. The number of anilines is 1. The Morgan fingerprint density at radius 3 is 2.55 bits per heavy atom. The van der Waals surface area contributed by atoms with Gasteiger partial charge in [0.2, 0.25) is 15.0 Å². The molecule has 221 valence electrons. The van der Waals surface area contributed by atoms with Gasteiger partial charge in [0.05, 0.1) is 24.6 Å². The Balaban J connectivity index is 1.70. The van der Waals surface area contributed by atoms with Gasteiger partial charge in [0.25, 0.3) is 0 Å². The highest BCUT2D eigenvalue weighted by Gasteiger charge is 2.49. The Kier molecular flexibility index (Phi) is 9.31. The molecule has 1 aliphatic carbocycles. The zero-order chi connectivity index (χ0) is 29.4. The van der Waals surface area contributed by atoms with Gasteiger partial charge in [-0.25, -0.2) is 9.78 Å². The van der Waals surface area contributed by atoms with Crippen molar-refractivity contribution in [3.05, 3.63) is 23.6 Å². The lowest BCUT2D eigenvalue weighted by molar-refractivity contribution is -0.201. The van der Waals surface area contributed by atoms with Crippen LogP contribution in [-0.2, 0) is 18.6 Å². The molecule has 40 heavy (non-hydrogen) atoms. The first-order valence-corrected chi connectivity index (χ1v) is 16.8. The fourth-order valence-corrected chi connectivity index (χ4v) is 6.64. The van der Waals surface area contributed by atoms with Crippen molar-refractivity contribution in [2.45, 2.75) is 110 Å². The van der Waals surface area contributed by atoms with Crippen molar-refractivity contribution >= 4 is 43.8 Å². The van der Waals surface area contributed by atoms with Gasteiger partial charge in [0, 0.05) is 12.5 Å². The van der Waals surface area contributed by atoms with Gasteiger partial charge in [0.15, 0.2) is 17.1 Å². The Bertz CT molecular complexity index is 1220. The molecule has 2 fully saturated rings. The molecule has 0 bridgehead atoms. The number of hydrogen-bond donors (Lipinski definition) is 1. The van der Waals surface area contributed by atoms with Crippen molar-refractivity contribution in [3.8, 4) is 0 Å². The molecule has 0 aromatic carbocycles. The number of rotatable bonds is 7. The van der Waals surface area contributed by atoms with Crippen molar-refractivity contribution < 1.29 is 23.4 Å². The smallest absolute Gasteiger partial charge is 0.414 e. The first-order chi connectivity index (χ1) is 18.6. The van der Waals surface area contributed by atoms with Gasteiger partial charge < -0.3 is 23.2 Å². The monoisotopic (exact) mass is 592 g/mol. The number of ether oxygens (including phenoxy) is 3. The lowest BCUT2D eigenvalue weighted by Crippen LogP contribution is -2.44. The van der Waals surface area contributed by atoms with Crippen LogP contribution in [0.15, 0.2) is 18.5 Å². The minimum atomic E-state index is -1.01. The summed E-state index contributed by atoms with van der Waals surface area (Å²) in [6.45, 7) is 21.6. The van der Waals surface area contributed by atoms with Crippen LogP contribution in [0.2, 0.25) is 18.2 Å². The second-order valence-electron chi connectivity index (χ2n) is 12.9. The number of nitrogens with one attached hydrogen (secondary N) is 1. The Morgan fingerprint density at radius 2 is 1.95 bits per heavy atom. The summed E-state index contributed by atoms with van der Waals surface area (Å²) in [6, 6.07) is -0.179. The molecule has 3 heterocycles. The molecule has 2 aromatic heterocycles. The Labute approximate surface area is 243 Å². The summed E-state index contributed by atoms with van der Waals surface area (Å²) in [7, 11) is -1.01. The maximum atomic E-state index is 12.4. The van der Waals surface area contributed by atoms with E-state index in [0.29, 0.717) is 24.2 Å². The van der Waals surface area contributed by atoms with Crippen LogP contribution in [0.3, 0.4) is 0 Å². The van der Waals surface area contributed by atoms with Gasteiger partial charge in [-0.3, -0.25) is 5.32 Å². The van der Waals surface area contributed by atoms with Crippen LogP contribution < -0.4 is 5.32 Å². The fourth-order valence-electron chi connectivity index (χ4n) is 5.42. The number of aromatic nitrogens is 4. The number of nitrogens with zero attached hydrogens (tertiary/aromatic N) is 4. The van der Waals surface area contributed by atoms with E-state index in [1.54, 1.807) is 27.1 Å². The Hall–Kier alpha value is -2.05. The summed E-state index contributed by atoms with van der Waals surface area (Å²) >= 11 is 6.49. The molecule has 1 N–H and O–H groups in total. The lowest BCUT2D eigenvalue weighted by Gasteiger charge is -2.40. The summed E-state index contributed by atoms with van der Waals surface area (Å²) in [4.78, 5) is 25.7. The van der Waals surface area contributed by atoms with Crippen LogP contribution in [-0.4, -0.2) is 65.4 Å². The van der Waals surface area contributed by atoms with Crippen molar-refractivity contribution in [2.24, 2.45) is 11.3 Å². The number of fused-ring (bicyclic) bond motifs is 1. The summed E-state index contributed by atoms with van der Waals surface area (Å²) < 4.78 is 26.6. The van der Waals surface area contributed by atoms with E-state index in [4.69, 9.17) is 30.2 Å². The van der Waals surface area contributed by atoms with E-state index in [1.807, 2.05) is 4.57 Å². The van der Waals surface area contributed by atoms with Crippen LogP contribution >= 0.6 is 11.6 Å². The van der Waals surface area contributed by atoms with Gasteiger partial charge in [-0.05, 0) is 70.5 Å². The van der Waals surface area contributed by atoms with Crippen molar-refractivity contribution in [3.63, 3.8) is 0 Å². The molecule has 1 radical (unpaired) electrons. The number of amides is 1. The van der Waals surface area contributed by atoms with Gasteiger partial charge >= 0.3 is 6.09 Å². The molecule has 5 atom stereocenters. The first-order valence-electron chi connectivity index (χ1n) is 14.0. The third-order valence-electron chi connectivity index (χ3n) is 7.05. The van der Waals surface area contributed by atoms with E-state index < -0.39 is 20.7 Å². The average molecular weight is 593 g/mol. The minimum absolute atomic E-state index is 0.0390. The number of hydrogen-bond acceptors (Lipinski definition) is 8. The number of halogens is 1. The highest BCUT2D eigenvalue weighted by Crippen LogP contribution is 2.48. The molecule has 10 nitrogen and oxygen atoms in total. The largest absolute Gasteiger partial charge is 0.444 e. The van der Waals surface area contributed by atoms with Gasteiger partial charge in [-0.15, -0.1) is 0 Å². The second kappa shape index (κ2) is 12.0. The quantitative estimate of drug-likeness (QED) is 0.219. The normalized spacial score (nSPS) is 25.0. The molecular weight excluding hydrogens is 550 g/mol. The van der Waals surface area contributed by atoms with Gasteiger partial charge in [-0.2, -0.15) is 9.97 Å². The molecular formula is C28H43ClN5O5Si. The summed E-state index contributed by atoms with van der Waals surface area (Å²) in [5, 5.41) is 2.73. The number of carbonyl (C=O) groups is 1. The summed E-state index contributed by atoms with van der Waals surface area (Å²) in [5.41, 5.74) is 1.11. The van der Waals surface area contributed by atoms with Crippen molar-refractivity contribution in [1.82, 2.24) is 19.5 Å². The SMILES string of the molecule is C=C1[C@@H](C(O[Si](C)C)C(C)(C)C)[C@@H](OC2CCCCO2)C[C@@H]1n1cnc2c(Cl)nc(NC(=O)OC(C)(C)C)nc21. The van der Waals surface area contributed by atoms with Crippen molar-refractivity contribution in [2.75, 3.05) is 11.9 Å². The van der Waals surface area contributed by atoms with E-state index >= 15 is 0 Å². The molecule has 4 rings (SSSR count). The zero-order valence-electron chi connectivity index (χ0n) is 24.9. The van der Waals surface area contributed by atoms with Crippen LogP contribution in [0.1, 0.15) is 73.3 Å². The molecule has 1 amide bonds. The van der Waals surface area contributed by atoms with E-state index in [9.17, 15) is 4.79 Å². The molecule has 2 unspecified atom stereocenters. The number of carbonyl (C=O) groups excluding carboxylic acids is 1. The van der Waals surface area contributed by atoms with Gasteiger partial charge in [0.1, 0.15) is 11.1 Å². The van der Waals surface area contributed by atoms with E-state index in [1.165, 1.54) is 0 Å². The molecule has 0 spiro atoms. The minimum Gasteiger partial charge on any atom is -0.444 e. The fraction of sp³-hybridized carbons (Fsp3) is 0.714. The topological polar surface area (TPSA) is 110 Å². The highest BCUT2D eigenvalue weighted by molar-refractivity contribution is 6.48. The van der Waals surface area contributed by atoms with Gasteiger partial charge in [-0.1, -0.05) is 39.0 Å².